The lowest BCUT2D eigenvalue weighted by Gasteiger charge is -2.36. The van der Waals surface area contributed by atoms with Crippen molar-refractivity contribution in [2.24, 2.45) is 0 Å². The molecule has 1 saturated heterocycles. The van der Waals surface area contributed by atoms with Gasteiger partial charge in [-0.2, -0.15) is 0 Å². The van der Waals surface area contributed by atoms with Gasteiger partial charge in [0.2, 0.25) is 0 Å². The van der Waals surface area contributed by atoms with Crippen LogP contribution in [-0.2, 0) is 6.54 Å². The van der Waals surface area contributed by atoms with E-state index in [0.29, 0.717) is 13.1 Å². The zero-order chi connectivity index (χ0) is 20.5. The van der Waals surface area contributed by atoms with E-state index in [2.05, 4.69) is 26.5 Å². The Morgan fingerprint density at radius 1 is 0.931 bits per heavy atom. The predicted octanol–water partition coefficient (Wildman–Crippen LogP) is 2.33. The Morgan fingerprint density at radius 3 is 2.34 bits per heavy atom. The summed E-state index contributed by atoms with van der Waals surface area (Å²) in [6.45, 7) is 5.79. The van der Waals surface area contributed by atoms with Gasteiger partial charge in [0, 0.05) is 45.8 Å². The van der Waals surface area contributed by atoms with Crippen molar-refractivity contribution in [2.45, 2.75) is 6.54 Å². The first-order valence-electron chi connectivity index (χ1n) is 9.94. The van der Waals surface area contributed by atoms with Crippen LogP contribution < -0.4 is 25.0 Å². The molecule has 0 saturated carbocycles. The van der Waals surface area contributed by atoms with Gasteiger partial charge < -0.3 is 25.0 Å². The molecule has 29 heavy (non-hydrogen) atoms. The molecule has 7 heteroatoms. The monoisotopic (exact) mass is 398 g/mol. The highest BCUT2D eigenvalue weighted by Gasteiger charge is 2.19. The fourth-order valence-corrected chi connectivity index (χ4v) is 3.42. The number of nitrogens with zero attached hydrogens (tertiary/aromatic N) is 2. The number of methoxy groups -OCH3 is 2. The topological polar surface area (TPSA) is 66.1 Å². The Bertz CT molecular complexity index is 774. The molecule has 156 valence electrons. The van der Waals surface area contributed by atoms with E-state index in [0.717, 1.165) is 55.5 Å². The Labute approximate surface area is 172 Å². The number of piperazine rings is 1. The van der Waals surface area contributed by atoms with Crippen molar-refractivity contribution in [1.82, 2.24) is 15.5 Å². The Balaban J connectivity index is 1.33. The second kappa shape index (κ2) is 10.6. The van der Waals surface area contributed by atoms with Crippen LogP contribution in [0.4, 0.5) is 10.5 Å². The molecule has 3 rings (SSSR count). The molecule has 0 aromatic heterocycles. The lowest BCUT2D eigenvalue weighted by molar-refractivity contribution is 0.231. The van der Waals surface area contributed by atoms with Gasteiger partial charge >= 0.3 is 6.03 Å². The standard InChI is InChI=1S/C22H30N4O3/c1-28-19-9-7-18(8-10-19)17-24-22(27)23-11-12-25-13-15-26(16-14-25)20-5-3-4-6-21(20)29-2/h3-10H,11-17H2,1-2H3,(H2,23,24,27). The molecule has 1 heterocycles. The molecule has 1 aliphatic heterocycles. The average Bonchev–Trinajstić information content (AvgIpc) is 2.78. The first kappa shape index (κ1) is 20.8. The van der Waals surface area contributed by atoms with Gasteiger partial charge in [0.25, 0.3) is 0 Å². The number of para-hydroxylation sites is 2. The molecule has 0 aliphatic carbocycles. The van der Waals surface area contributed by atoms with E-state index >= 15 is 0 Å². The molecule has 0 spiro atoms. The molecular weight excluding hydrogens is 368 g/mol. The predicted molar refractivity (Wildman–Crippen MR) is 115 cm³/mol. The maximum atomic E-state index is 12.0. The zero-order valence-corrected chi connectivity index (χ0v) is 17.2. The van der Waals surface area contributed by atoms with Crippen LogP contribution in [0.25, 0.3) is 0 Å². The molecule has 0 atom stereocenters. The number of benzene rings is 2. The summed E-state index contributed by atoms with van der Waals surface area (Å²) in [7, 11) is 3.35. The van der Waals surface area contributed by atoms with Gasteiger partial charge in [-0.1, -0.05) is 24.3 Å². The third kappa shape index (κ3) is 6.02. The second-order valence-electron chi connectivity index (χ2n) is 6.96. The van der Waals surface area contributed by atoms with Gasteiger partial charge in [-0.25, -0.2) is 4.79 Å². The fraction of sp³-hybridized carbons (Fsp3) is 0.409. The van der Waals surface area contributed by atoms with Crippen molar-refractivity contribution in [2.75, 3.05) is 58.4 Å². The lowest BCUT2D eigenvalue weighted by Crippen LogP contribution is -2.49. The fourth-order valence-electron chi connectivity index (χ4n) is 3.42. The summed E-state index contributed by atoms with van der Waals surface area (Å²) in [6, 6.07) is 15.6. The van der Waals surface area contributed by atoms with Gasteiger partial charge in [-0.15, -0.1) is 0 Å². The van der Waals surface area contributed by atoms with Crippen LogP contribution in [0.3, 0.4) is 0 Å². The van der Waals surface area contributed by atoms with E-state index in [9.17, 15) is 4.79 Å². The number of urea groups is 1. The molecule has 1 fully saturated rings. The molecule has 0 unspecified atom stereocenters. The van der Waals surface area contributed by atoms with E-state index in [-0.39, 0.29) is 6.03 Å². The van der Waals surface area contributed by atoms with Crippen LogP contribution in [0.2, 0.25) is 0 Å². The van der Waals surface area contributed by atoms with Gasteiger partial charge in [-0.3, -0.25) is 4.90 Å². The zero-order valence-electron chi connectivity index (χ0n) is 17.2. The minimum atomic E-state index is -0.145. The van der Waals surface area contributed by atoms with Crippen LogP contribution in [0.15, 0.2) is 48.5 Å². The summed E-state index contributed by atoms with van der Waals surface area (Å²) in [5.74, 6) is 1.72. The largest absolute Gasteiger partial charge is 0.497 e. The highest BCUT2D eigenvalue weighted by Crippen LogP contribution is 2.28. The van der Waals surface area contributed by atoms with Crippen LogP contribution in [0.1, 0.15) is 5.56 Å². The van der Waals surface area contributed by atoms with Gasteiger partial charge in [0.15, 0.2) is 0 Å². The van der Waals surface area contributed by atoms with Crippen LogP contribution in [0.5, 0.6) is 11.5 Å². The van der Waals surface area contributed by atoms with E-state index in [1.54, 1.807) is 14.2 Å². The SMILES string of the molecule is COc1ccc(CNC(=O)NCCN2CCN(c3ccccc3OC)CC2)cc1. The summed E-state index contributed by atoms with van der Waals surface area (Å²) in [4.78, 5) is 16.7. The minimum Gasteiger partial charge on any atom is -0.497 e. The summed E-state index contributed by atoms with van der Waals surface area (Å²) >= 11 is 0. The molecule has 0 bridgehead atoms. The van der Waals surface area contributed by atoms with E-state index < -0.39 is 0 Å². The lowest BCUT2D eigenvalue weighted by atomic mass is 10.2. The van der Waals surface area contributed by atoms with Crippen molar-refractivity contribution in [1.29, 1.82) is 0 Å². The summed E-state index contributed by atoms with van der Waals surface area (Å²) in [5, 5.41) is 5.82. The van der Waals surface area contributed by atoms with Crippen molar-refractivity contribution in [3.8, 4) is 11.5 Å². The summed E-state index contributed by atoms with van der Waals surface area (Å²) in [5.41, 5.74) is 2.18. The van der Waals surface area contributed by atoms with E-state index in [4.69, 9.17) is 9.47 Å². The Hall–Kier alpha value is -2.93. The average molecular weight is 399 g/mol. The Morgan fingerprint density at radius 2 is 1.66 bits per heavy atom. The normalized spacial score (nSPS) is 14.3. The number of hydrogen-bond acceptors (Lipinski definition) is 5. The van der Waals surface area contributed by atoms with E-state index in [1.807, 2.05) is 42.5 Å². The highest BCUT2D eigenvalue weighted by molar-refractivity contribution is 5.73. The third-order valence-electron chi connectivity index (χ3n) is 5.12. The summed E-state index contributed by atoms with van der Waals surface area (Å²) < 4.78 is 10.6. The van der Waals surface area contributed by atoms with Crippen molar-refractivity contribution >= 4 is 11.7 Å². The van der Waals surface area contributed by atoms with Crippen molar-refractivity contribution in [3.63, 3.8) is 0 Å². The number of nitrogens with one attached hydrogen (secondary N) is 2. The number of anilines is 1. The number of amides is 2. The van der Waals surface area contributed by atoms with Gasteiger partial charge in [0.1, 0.15) is 11.5 Å². The quantitative estimate of drug-likeness (QED) is 0.715. The second-order valence-corrected chi connectivity index (χ2v) is 6.96. The smallest absolute Gasteiger partial charge is 0.315 e. The first-order valence-corrected chi connectivity index (χ1v) is 9.94. The molecule has 2 aromatic carbocycles. The number of hydrogen-bond donors (Lipinski definition) is 2. The molecule has 7 nitrogen and oxygen atoms in total. The molecule has 2 N–H and O–H groups in total. The minimum absolute atomic E-state index is 0.145. The van der Waals surface area contributed by atoms with Crippen LogP contribution in [-0.4, -0.2) is 64.4 Å². The maximum absolute atomic E-state index is 12.0. The Kier molecular flexibility index (Phi) is 7.58. The van der Waals surface area contributed by atoms with Crippen LogP contribution >= 0.6 is 0 Å². The number of rotatable bonds is 8. The maximum Gasteiger partial charge on any atom is 0.315 e. The number of carbonyl (C=O) groups is 1. The summed E-state index contributed by atoms with van der Waals surface area (Å²) in [6.07, 6.45) is 0. The molecule has 1 aliphatic rings. The van der Waals surface area contributed by atoms with Crippen molar-refractivity contribution in [3.05, 3.63) is 54.1 Å². The van der Waals surface area contributed by atoms with Crippen molar-refractivity contribution < 1.29 is 14.3 Å². The molecule has 2 aromatic rings. The van der Waals surface area contributed by atoms with Gasteiger partial charge in [0.05, 0.1) is 19.9 Å². The van der Waals surface area contributed by atoms with E-state index in [1.165, 1.54) is 0 Å². The number of carbonyl (C=O) groups excluding carboxylic acids is 1. The third-order valence-corrected chi connectivity index (χ3v) is 5.12. The highest BCUT2D eigenvalue weighted by atomic mass is 16.5. The molecule has 0 radical (unpaired) electrons. The molecule has 2 amide bonds. The number of ether oxygens (including phenoxy) is 2. The van der Waals surface area contributed by atoms with Gasteiger partial charge in [-0.05, 0) is 29.8 Å². The molecular formula is C22H30N4O3. The van der Waals surface area contributed by atoms with Crippen LogP contribution in [0, 0.1) is 0 Å². The first-order chi connectivity index (χ1) is 14.2.